The van der Waals surface area contributed by atoms with Crippen molar-refractivity contribution < 1.29 is 19.5 Å². The van der Waals surface area contributed by atoms with Gasteiger partial charge >= 0.3 is 12.0 Å². The first-order chi connectivity index (χ1) is 11.9. The second-order valence-corrected chi connectivity index (χ2v) is 6.62. The Morgan fingerprint density at radius 1 is 1.16 bits per heavy atom. The number of nitrogens with zero attached hydrogens (tertiary/aromatic N) is 1. The van der Waals surface area contributed by atoms with Crippen LogP contribution in [0, 0.1) is 5.92 Å². The summed E-state index contributed by atoms with van der Waals surface area (Å²) in [4.78, 5) is 36.5. The van der Waals surface area contributed by atoms with Gasteiger partial charge < -0.3 is 20.6 Å². The van der Waals surface area contributed by atoms with Gasteiger partial charge in [0.05, 0.1) is 5.56 Å². The molecule has 1 fully saturated rings. The molecule has 1 saturated carbocycles. The van der Waals surface area contributed by atoms with Crippen LogP contribution in [0.25, 0.3) is 0 Å². The molecule has 0 saturated heterocycles. The summed E-state index contributed by atoms with van der Waals surface area (Å²) in [5.74, 6) is -0.889. The van der Waals surface area contributed by atoms with Gasteiger partial charge in [-0.25, -0.2) is 9.59 Å². The third kappa shape index (κ3) is 5.48. The fraction of sp³-hybridized carbons (Fsp3) is 0.500. The third-order valence-corrected chi connectivity index (χ3v) is 4.45. The van der Waals surface area contributed by atoms with Crippen LogP contribution >= 0.6 is 0 Å². The quantitative estimate of drug-likeness (QED) is 0.757. The number of carbonyl (C=O) groups is 3. The van der Waals surface area contributed by atoms with Gasteiger partial charge in [0.15, 0.2) is 0 Å². The van der Waals surface area contributed by atoms with Gasteiger partial charge in [0, 0.05) is 32.6 Å². The number of rotatable bonds is 5. The maximum absolute atomic E-state index is 12.1. The molecule has 2 atom stereocenters. The van der Waals surface area contributed by atoms with Crippen LogP contribution in [0.5, 0.6) is 0 Å². The summed E-state index contributed by atoms with van der Waals surface area (Å²) < 4.78 is 0. The lowest BCUT2D eigenvalue weighted by molar-refractivity contribution is -0.134. The van der Waals surface area contributed by atoms with Crippen molar-refractivity contribution in [1.29, 1.82) is 0 Å². The zero-order chi connectivity index (χ0) is 18.4. The Kier molecular flexibility index (Phi) is 6.38. The predicted molar refractivity (Wildman–Crippen MR) is 93.2 cm³/mol. The van der Waals surface area contributed by atoms with Gasteiger partial charge in [-0.15, -0.1) is 0 Å². The highest BCUT2D eigenvalue weighted by atomic mass is 16.4. The SMILES string of the molecule is CN(C)C(=O)C1CCCC(NC(=O)NCc2ccc(C(=O)O)cc2)C1. The van der Waals surface area contributed by atoms with Gasteiger partial charge in [-0.1, -0.05) is 18.6 Å². The van der Waals surface area contributed by atoms with Crippen LogP contribution in [-0.4, -0.2) is 48.1 Å². The number of hydrogen-bond acceptors (Lipinski definition) is 3. The Hall–Kier alpha value is -2.57. The van der Waals surface area contributed by atoms with Gasteiger partial charge in [0.1, 0.15) is 0 Å². The van der Waals surface area contributed by atoms with Crippen molar-refractivity contribution in [2.75, 3.05) is 14.1 Å². The molecular formula is C18H25N3O4. The Morgan fingerprint density at radius 2 is 1.84 bits per heavy atom. The van der Waals surface area contributed by atoms with E-state index in [1.807, 2.05) is 0 Å². The van der Waals surface area contributed by atoms with Gasteiger partial charge in [0.2, 0.25) is 5.91 Å². The molecule has 1 aliphatic rings. The van der Waals surface area contributed by atoms with E-state index in [-0.39, 0.29) is 29.5 Å². The molecule has 25 heavy (non-hydrogen) atoms. The lowest BCUT2D eigenvalue weighted by atomic mass is 9.85. The molecule has 136 valence electrons. The normalized spacial score (nSPS) is 19.8. The van der Waals surface area contributed by atoms with E-state index in [4.69, 9.17) is 5.11 Å². The maximum Gasteiger partial charge on any atom is 0.335 e. The van der Waals surface area contributed by atoms with E-state index in [1.165, 1.54) is 12.1 Å². The largest absolute Gasteiger partial charge is 0.478 e. The highest BCUT2D eigenvalue weighted by molar-refractivity contribution is 5.87. The minimum absolute atomic E-state index is 0.00274. The number of urea groups is 1. The lowest BCUT2D eigenvalue weighted by Crippen LogP contribution is -2.45. The highest BCUT2D eigenvalue weighted by Crippen LogP contribution is 2.25. The molecule has 1 aromatic carbocycles. The van der Waals surface area contributed by atoms with E-state index >= 15 is 0 Å². The molecule has 2 unspecified atom stereocenters. The first kappa shape index (κ1) is 18.8. The molecule has 3 N–H and O–H groups in total. The van der Waals surface area contributed by atoms with Crippen molar-refractivity contribution in [2.45, 2.75) is 38.3 Å². The van der Waals surface area contributed by atoms with E-state index < -0.39 is 5.97 Å². The number of carbonyl (C=O) groups excluding carboxylic acids is 2. The number of carboxylic acids is 1. The van der Waals surface area contributed by atoms with E-state index in [0.717, 1.165) is 24.8 Å². The first-order valence-electron chi connectivity index (χ1n) is 8.44. The van der Waals surface area contributed by atoms with Gasteiger partial charge in [0.25, 0.3) is 0 Å². The fourth-order valence-corrected chi connectivity index (χ4v) is 3.09. The molecule has 7 nitrogen and oxygen atoms in total. The van der Waals surface area contributed by atoms with Crippen LogP contribution in [0.15, 0.2) is 24.3 Å². The second-order valence-electron chi connectivity index (χ2n) is 6.62. The molecule has 0 heterocycles. The van der Waals surface area contributed by atoms with Crippen molar-refractivity contribution in [3.63, 3.8) is 0 Å². The van der Waals surface area contributed by atoms with Crippen molar-refractivity contribution in [3.05, 3.63) is 35.4 Å². The summed E-state index contributed by atoms with van der Waals surface area (Å²) in [5.41, 5.74) is 1.04. The number of carboxylic acid groups (broad SMARTS) is 1. The summed E-state index contributed by atoms with van der Waals surface area (Å²) in [6, 6.07) is 6.10. The van der Waals surface area contributed by atoms with Crippen LogP contribution in [0.1, 0.15) is 41.6 Å². The fourth-order valence-electron chi connectivity index (χ4n) is 3.09. The summed E-state index contributed by atoms with van der Waals surface area (Å²) in [6.07, 6.45) is 3.33. The topological polar surface area (TPSA) is 98.7 Å². The summed E-state index contributed by atoms with van der Waals surface area (Å²) in [5, 5.41) is 14.6. The van der Waals surface area contributed by atoms with Crippen LogP contribution in [-0.2, 0) is 11.3 Å². The molecule has 2 rings (SSSR count). The van der Waals surface area contributed by atoms with Crippen molar-refractivity contribution in [2.24, 2.45) is 5.92 Å². The average Bonchev–Trinajstić information content (AvgIpc) is 2.59. The standard InChI is InChI=1S/C18H25N3O4/c1-21(2)16(22)14-4-3-5-15(10-14)20-18(25)19-11-12-6-8-13(9-7-12)17(23)24/h6-9,14-15H,3-5,10-11H2,1-2H3,(H,23,24)(H2,19,20,25). The Bertz CT molecular complexity index is 628. The highest BCUT2D eigenvalue weighted by Gasteiger charge is 2.28. The monoisotopic (exact) mass is 347 g/mol. The smallest absolute Gasteiger partial charge is 0.335 e. The Balaban J connectivity index is 1.79. The molecule has 1 aromatic rings. The molecule has 1 aliphatic carbocycles. The van der Waals surface area contributed by atoms with Gasteiger partial charge in [-0.05, 0) is 37.0 Å². The maximum atomic E-state index is 12.1. The molecule has 0 radical (unpaired) electrons. The van der Waals surface area contributed by atoms with E-state index in [9.17, 15) is 14.4 Å². The predicted octanol–water partition coefficient (Wildman–Crippen LogP) is 1.83. The number of benzene rings is 1. The third-order valence-electron chi connectivity index (χ3n) is 4.45. The van der Waals surface area contributed by atoms with E-state index in [2.05, 4.69) is 10.6 Å². The van der Waals surface area contributed by atoms with Gasteiger partial charge in [-0.3, -0.25) is 4.79 Å². The summed E-state index contributed by atoms with van der Waals surface area (Å²) >= 11 is 0. The zero-order valence-corrected chi connectivity index (χ0v) is 14.6. The molecular weight excluding hydrogens is 322 g/mol. The Labute approximate surface area is 147 Å². The van der Waals surface area contributed by atoms with Crippen molar-refractivity contribution >= 4 is 17.9 Å². The van der Waals surface area contributed by atoms with Crippen molar-refractivity contribution in [1.82, 2.24) is 15.5 Å². The number of nitrogens with one attached hydrogen (secondary N) is 2. The Morgan fingerprint density at radius 3 is 2.44 bits per heavy atom. The lowest BCUT2D eigenvalue weighted by Gasteiger charge is -2.30. The summed E-state index contributed by atoms with van der Waals surface area (Å²) in [7, 11) is 3.50. The van der Waals surface area contributed by atoms with E-state index in [0.29, 0.717) is 13.0 Å². The molecule has 0 aromatic heterocycles. The van der Waals surface area contributed by atoms with Crippen LogP contribution in [0.2, 0.25) is 0 Å². The minimum atomic E-state index is -0.976. The molecule has 0 aliphatic heterocycles. The summed E-state index contributed by atoms with van der Waals surface area (Å²) in [6.45, 7) is 0.318. The second kappa shape index (κ2) is 8.50. The van der Waals surface area contributed by atoms with E-state index in [1.54, 1.807) is 31.1 Å². The number of hydrogen-bond donors (Lipinski definition) is 3. The van der Waals surface area contributed by atoms with Crippen LogP contribution in [0.3, 0.4) is 0 Å². The molecule has 3 amide bonds. The zero-order valence-electron chi connectivity index (χ0n) is 14.6. The number of aromatic carboxylic acids is 1. The van der Waals surface area contributed by atoms with Crippen molar-refractivity contribution in [3.8, 4) is 0 Å². The van der Waals surface area contributed by atoms with Gasteiger partial charge in [-0.2, -0.15) is 0 Å². The van der Waals surface area contributed by atoms with Crippen LogP contribution < -0.4 is 10.6 Å². The van der Waals surface area contributed by atoms with Crippen LogP contribution in [0.4, 0.5) is 4.79 Å². The first-order valence-corrected chi connectivity index (χ1v) is 8.44. The molecule has 0 spiro atoms. The number of amides is 3. The molecule has 0 bridgehead atoms. The molecule has 7 heteroatoms. The minimum Gasteiger partial charge on any atom is -0.478 e. The average molecular weight is 347 g/mol.